The number of carbonyl (C=O) groups is 1. The lowest BCUT2D eigenvalue weighted by molar-refractivity contribution is 0.0529. The highest BCUT2D eigenvalue weighted by Gasteiger charge is 2.15. The number of aromatic hydroxyl groups is 1. The molecular weight excluding hydrogens is 313 g/mol. The van der Waals surface area contributed by atoms with Crippen LogP contribution in [0.15, 0.2) is 18.2 Å². The van der Waals surface area contributed by atoms with E-state index in [0.29, 0.717) is 23.6 Å². The van der Waals surface area contributed by atoms with E-state index in [9.17, 15) is 9.90 Å². The zero-order chi connectivity index (χ0) is 16.0. The molecule has 0 saturated carbocycles. The van der Waals surface area contributed by atoms with Crippen LogP contribution < -0.4 is 5.32 Å². The fourth-order valence-corrected chi connectivity index (χ4v) is 1.85. The third-order valence-electron chi connectivity index (χ3n) is 2.34. The van der Waals surface area contributed by atoms with Crippen LogP contribution in [0.2, 0.25) is 10.0 Å². The van der Waals surface area contributed by atoms with Gasteiger partial charge in [0.2, 0.25) is 0 Å². The summed E-state index contributed by atoms with van der Waals surface area (Å²) in [6, 6.07) is 2.97. The molecule has 0 heterocycles. The standard InChI is InChI=1S/C15H19Cl2NO3/c1-15(2,3)21-14(20)18-7-5-4-6-10-8-12(17)13(19)9-11(10)16/h4,6,8-9,19H,5,7H2,1-3H3,(H,18,20). The molecule has 0 aliphatic heterocycles. The van der Waals surface area contributed by atoms with Crippen LogP contribution in [0.25, 0.3) is 6.08 Å². The van der Waals surface area contributed by atoms with E-state index in [2.05, 4.69) is 5.32 Å². The van der Waals surface area contributed by atoms with Gasteiger partial charge in [-0.1, -0.05) is 35.4 Å². The number of nitrogens with one attached hydrogen (secondary N) is 1. The van der Waals surface area contributed by atoms with Gasteiger partial charge in [0.05, 0.1) is 10.0 Å². The van der Waals surface area contributed by atoms with Gasteiger partial charge in [0.15, 0.2) is 0 Å². The average Bonchev–Trinajstić information content (AvgIpc) is 2.32. The first kappa shape index (κ1) is 17.7. The smallest absolute Gasteiger partial charge is 0.407 e. The van der Waals surface area contributed by atoms with Crippen molar-refractivity contribution in [3.8, 4) is 5.75 Å². The molecule has 0 aliphatic carbocycles. The molecule has 0 unspecified atom stereocenters. The van der Waals surface area contributed by atoms with E-state index in [-0.39, 0.29) is 10.8 Å². The highest BCUT2D eigenvalue weighted by Crippen LogP contribution is 2.30. The first-order chi connectivity index (χ1) is 9.69. The van der Waals surface area contributed by atoms with E-state index in [4.69, 9.17) is 27.9 Å². The van der Waals surface area contributed by atoms with E-state index < -0.39 is 11.7 Å². The predicted molar refractivity (Wildman–Crippen MR) is 86.0 cm³/mol. The van der Waals surface area contributed by atoms with E-state index >= 15 is 0 Å². The Morgan fingerprint density at radius 1 is 1.33 bits per heavy atom. The Morgan fingerprint density at radius 2 is 2.00 bits per heavy atom. The van der Waals surface area contributed by atoms with Gasteiger partial charge in [-0.2, -0.15) is 0 Å². The number of amides is 1. The van der Waals surface area contributed by atoms with Crippen LogP contribution in [-0.2, 0) is 4.74 Å². The minimum absolute atomic E-state index is 0.0505. The van der Waals surface area contributed by atoms with Crippen molar-refractivity contribution in [3.05, 3.63) is 33.8 Å². The Labute approximate surface area is 134 Å². The number of phenolic OH excluding ortho intramolecular Hbond substituents is 1. The summed E-state index contributed by atoms with van der Waals surface area (Å²) in [4.78, 5) is 11.4. The predicted octanol–water partition coefficient (Wildman–Crippen LogP) is 4.63. The molecule has 4 nitrogen and oxygen atoms in total. The maximum atomic E-state index is 11.4. The normalized spacial score (nSPS) is 11.7. The molecule has 116 valence electrons. The summed E-state index contributed by atoms with van der Waals surface area (Å²) in [7, 11) is 0. The number of halogens is 2. The SMILES string of the molecule is CC(C)(C)OC(=O)NCCC=Cc1cc(Cl)c(O)cc1Cl. The number of benzene rings is 1. The molecule has 6 heteroatoms. The summed E-state index contributed by atoms with van der Waals surface area (Å²) in [5.41, 5.74) is 0.202. The first-order valence-corrected chi connectivity index (χ1v) is 7.26. The maximum Gasteiger partial charge on any atom is 0.407 e. The van der Waals surface area contributed by atoms with Crippen LogP contribution in [0.1, 0.15) is 32.8 Å². The first-order valence-electron chi connectivity index (χ1n) is 6.50. The summed E-state index contributed by atoms with van der Waals surface area (Å²) < 4.78 is 5.11. The molecule has 1 aromatic carbocycles. The van der Waals surface area contributed by atoms with Crippen LogP contribution in [0.3, 0.4) is 0 Å². The van der Waals surface area contributed by atoms with Crippen molar-refractivity contribution in [1.29, 1.82) is 0 Å². The summed E-state index contributed by atoms with van der Waals surface area (Å²) in [5, 5.41) is 12.7. The summed E-state index contributed by atoms with van der Waals surface area (Å²) in [5.74, 6) is -0.0505. The lowest BCUT2D eigenvalue weighted by atomic mass is 10.2. The van der Waals surface area contributed by atoms with E-state index in [1.165, 1.54) is 6.07 Å². The molecule has 0 spiro atoms. The largest absolute Gasteiger partial charge is 0.506 e. The van der Waals surface area contributed by atoms with Crippen LogP contribution in [0.4, 0.5) is 4.79 Å². The molecule has 1 rings (SSSR count). The van der Waals surface area contributed by atoms with E-state index in [0.717, 1.165) is 0 Å². The number of ether oxygens (including phenoxy) is 1. The van der Waals surface area contributed by atoms with Gasteiger partial charge in [-0.05, 0) is 38.8 Å². The molecule has 21 heavy (non-hydrogen) atoms. The van der Waals surface area contributed by atoms with Crippen LogP contribution in [0, 0.1) is 0 Å². The number of phenols is 1. The minimum atomic E-state index is -0.504. The van der Waals surface area contributed by atoms with Crippen molar-refractivity contribution >= 4 is 35.4 Å². The molecular formula is C15H19Cl2NO3. The van der Waals surface area contributed by atoms with E-state index in [1.54, 1.807) is 12.1 Å². The van der Waals surface area contributed by atoms with Gasteiger partial charge < -0.3 is 15.2 Å². The highest BCUT2D eigenvalue weighted by atomic mass is 35.5. The number of carbonyl (C=O) groups excluding carboxylic acids is 1. The molecule has 1 amide bonds. The van der Waals surface area contributed by atoms with Crippen molar-refractivity contribution in [2.24, 2.45) is 0 Å². The zero-order valence-corrected chi connectivity index (χ0v) is 13.8. The van der Waals surface area contributed by atoms with Crippen molar-refractivity contribution < 1.29 is 14.6 Å². The van der Waals surface area contributed by atoms with Gasteiger partial charge in [-0.25, -0.2) is 4.79 Å². The van der Waals surface area contributed by atoms with Gasteiger partial charge in [0, 0.05) is 12.6 Å². The summed E-state index contributed by atoms with van der Waals surface area (Å²) in [6.07, 6.45) is 3.81. The molecule has 2 N–H and O–H groups in total. The van der Waals surface area contributed by atoms with Crippen molar-refractivity contribution in [3.63, 3.8) is 0 Å². The fourth-order valence-electron chi connectivity index (χ4n) is 1.46. The molecule has 0 radical (unpaired) electrons. The Balaban J connectivity index is 2.43. The second-order valence-electron chi connectivity index (χ2n) is 5.44. The zero-order valence-electron chi connectivity index (χ0n) is 12.2. The quantitative estimate of drug-likeness (QED) is 0.791. The van der Waals surface area contributed by atoms with Crippen molar-refractivity contribution in [1.82, 2.24) is 5.32 Å². The monoisotopic (exact) mass is 331 g/mol. The molecule has 0 aliphatic rings. The van der Waals surface area contributed by atoms with Crippen molar-refractivity contribution in [2.45, 2.75) is 32.8 Å². The van der Waals surface area contributed by atoms with Gasteiger partial charge in [-0.3, -0.25) is 0 Å². The Hall–Kier alpha value is -1.39. The Morgan fingerprint density at radius 3 is 2.62 bits per heavy atom. The van der Waals surface area contributed by atoms with Crippen LogP contribution in [0.5, 0.6) is 5.75 Å². The third-order valence-corrected chi connectivity index (χ3v) is 2.97. The molecule has 0 saturated heterocycles. The number of hydrogen-bond donors (Lipinski definition) is 2. The van der Waals surface area contributed by atoms with Crippen molar-refractivity contribution in [2.75, 3.05) is 6.54 Å². The lowest BCUT2D eigenvalue weighted by Crippen LogP contribution is -2.32. The molecule has 0 bridgehead atoms. The molecule has 0 atom stereocenters. The lowest BCUT2D eigenvalue weighted by Gasteiger charge is -2.19. The molecule has 0 aromatic heterocycles. The average molecular weight is 332 g/mol. The van der Waals surface area contributed by atoms with Crippen LogP contribution >= 0.6 is 23.2 Å². The number of rotatable bonds is 4. The second-order valence-corrected chi connectivity index (χ2v) is 6.26. The van der Waals surface area contributed by atoms with E-state index in [1.807, 2.05) is 26.8 Å². The Bertz CT molecular complexity index is 536. The van der Waals surface area contributed by atoms with Gasteiger partial charge in [0.25, 0.3) is 0 Å². The van der Waals surface area contributed by atoms with Crippen LogP contribution in [-0.4, -0.2) is 23.3 Å². The maximum absolute atomic E-state index is 11.4. The number of alkyl carbamates (subject to hydrolysis) is 1. The molecule has 0 fully saturated rings. The minimum Gasteiger partial charge on any atom is -0.506 e. The van der Waals surface area contributed by atoms with Gasteiger partial charge in [-0.15, -0.1) is 0 Å². The topological polar surface area (TPSA) is 58.6 Å². The summed E-state index contributed by atoms with van der Waals surface area (Å²) in [6.45, 7) is 5.88. The third kappa shape index (κ3) is 6.74. The summed E-state index contributed by atoms with van der Waals surface area (Å²) >= 11 is 11.8. The second kappa shape index (κ2) is 7.57. The fraction of sp³-hybridized carbons (Fsp3) is 0.400. The van der Waals surface area contributed by atoms with Gasteiger partial charge >= 0.3 is 6.09 Å². The molecule has 1 aromatic rings. The van der Waals surface area contributed by atoms with Gasteiger partial charge in [0.1, 0.15) is 11.4 Å². The number of hydrogen-bond acceptors (Lipinski definition) is 3. The highest BCUT2D eigenvalue weighted by molar-refractivity contribution is 6.35. The Kier molecular flexibility index (Phi) is 6.37.